The van der Waals surface area contributed by atoms with Crippen LogP contribution in [0.2, 0.25) is 0 Å². The Hall–Kier alpha value is -5.86. The molecule has 0 radical (unpaired) electrons. The number of furan rings is 1. The van der Waals surface area contributed by atoms with Crippen molar-refractivity contribution >= 4 is 39.0 Å². The lowest BCUT2D eigenvalue weighted by Crippen LogP contribution is -2.09. The van der Waals surface area contributed by atoms with Crippen LogP contribution in [0.1, 0.15) is 80.4 Å². The van der Waals surface area contributed by atoms with E-state index in [1.165, 1.54) is 33.4 Å². The van der Waals surface area contributed by atoms with Gasteiger partial charge in [-0.05, 0) is 93.9 Å². The van der Waals surface area contributed by atoms with Crippen molar-refractivity contribution in [3.63, 3.8) is 0 Å². The van der Waals surface area contributed by atoms with E-state index in [4.69, 9.17) is 4.42 Å². The van der Waals surface area contributed by atoms with Crippen molar-refractivity contribution < 1.29 is 4.42 Å². The van der Waals surface area contributed by atoms with Crippen LogP contribution >= 0.6 is 0 Å². The maximum absolute atomic E-state index is 6.40. The van der Waals surface area contributed by atoms with Gasteiger partial charge >= 0.3 is 0 Å². The minimum Gasteiger partial charge on any atom is -0.455 e. The Morgan fingerprint density at radius 2 is 0.909 bits per heavy atom. The van der Waals surface area contributed by atoms with Gasteiger partial charge in [0.05, 0.1) is 0 Å². The van der Waals surface area contributed by atoms with Gasteiger partial charge in [0.2, 0.25) is 0 Å². The molecule has 0 spiro atoms. The van der Waals surface area contributed by atoms with Crippen LogP contribution in [0.5, 0.6) is 0 Å². The van der Waals surface area contributed by atoms with Gasteiger partial charge in [0.15, 0.2) is 0 Å². The van der Waals surface area contributed by atoms with Gasteiger partial charge in [0, 0.05) is 33.4 Å². The zero-order chi connectivity index (χ0) is 39.7. The van der Waals surface area contributed by atoms with Crippen molar-refractivity contribution in [2.24, 2.45) is 0 Å². The van der Waals surface area contributed by atoms with E-state index in [0.29, 0.717) is 0 Å². The number of anilines is 3. The quantitative estimate of drug-likeness (QED) is 0.176. The number of para-hydroxylation sites is 3. The molecule has 2 heteroatoms. The summed E-state index contributed by atoms with van der Waals surface area (Å²) < 4.78 is 6.40. The van der Waals surface area contributed by atoms with Crippen molar-refractivity contribution in [3.8, 4) is 33.4 Å². The third kappa shape index (κ3) is 8.93. The summed E-state index contributed by atoms with van der Waals surface area (Å²) in [5, 5.41) is 2.28. The zero-order valence-corrected chi connectivity index (χ0v) is 34.7. The van der Waals surface area contributed by atoms with Crippen LogP contribution in [0.3, 0.4) is 0 Å². The lowest BCUT2D eigenvalue weighted by atomic mass is 9.98. The Kier molecular flexibility index (Phi) is 16.1. The van der Waals surface area contributed by atoms with Crippen LogP contribution in [0.25, 0.3) is 55.3 Å². The third-order valence-corrected chi connectivity index (χ3v) is 9.09. The molecule has 1 aliphatic rings. The highest BCUT2D eigenvalue weighted by Gasteiger charge is 2.19. The summed E-state index contributed by atoms with van der Waals surface area (Å²) in [5.74, 6) is 0. The van der Waals surface area contributed by atoms with Gasteiger partial charge in [-0.25, -0.2) is 0 Å². The summed E-state index contributed by atoms with van der Waals surface area (Å²) in [6.07, 6.45) is 1.01. The largest absolute Gasteiger partial charge is 0.455 e. The Morgan fingerprint density at radius 1 is 0.364 bits per heavy atom. The summed E-state index contributed by atoms with van der Waals surface area (Å²) in [5.41, 5.74) is 15.3. The molecular formula is C53H59NO. The van der Waals surface area contributed by atoms with Gasteiger partial charge in [-0.15, -0.1) is 0 Å². The first-order valence-electron chi connectivity index (χ1n) is 20.5. The Morgan fingerprint density at radius 3 is 1.65 bits per heavy atom. The molecule has 55 heavy (non-hydrogen) atoms. The molecule has 0 amide bonds. The molecule has 0 bridgehead atoms. The first-order valence-corrected chi connectivity index (χ1v) is 20.5. The molecule has 1 aromatic heterocycles. The highest BCUT2D eigenvalue weighted by Crippen LogP contribution is 2.42. The summed E-state index contributed by atoms with van der Waals surface area (Å²) in [6.45, 7) is 20.0. The van der Waals surface area contributed by atoms with E-state index in [9.17, 15) is 0 Å². The lowest BCUT2D eigenvalue weighted by Gasteiger charge is -2.26. The monoisotopic (exact) mass is 725 g/mol. The maximum atomic E-state index is 6.40. The molecule has 9 rings (SSSR count). The molecule has 0 unspecified atom stereocenters. The van der Waals surface area contributed by atoms with Gasteiger partial charge in [0.1, 0.15) is 11.2 Å². The van der Waals surface area contributed by atoms with Gasteiger partial charge in [-0.2, -0.15) is 0 Å². The van der Waals surface area contributed by atoms with E-state index in [1.807, 2.05) is 81.4 Å². The van der Waals surface area contributed by atoms with Crippen LogP contribution in [0.4, 0.5) is 17.1 Å². The fourth-order valence-corrected chi connectivity index (χ4v) is 6.92. The second-order valence-corrected chi connectivity index (χ2v) is 11.8. The minimum atomic E-state index is 0.912. The average Bonchev–Trinajstić information content (AvgIpc) is 3.86. The van der Waals surface area contributed by atoms with Crippen LogP contribution in [0.15, 0.2) is 168 Å². The summed E-state index contributed by atoms with van der Waals surface area (Å²) in [4.78, 5) is 2.32. The molecule has 0 aliphatic heterocycles. The molecule has 0 N–H and O–H groups in total. The number of fused-ring (bicyclic) bond motifs is 6. The van der Waals surface area contributed by atoms with Crippen LogP contribution in [-0.4, -0.2) is 0 Å². The fourth-order valence-electron chi connectivity index (χ4n) is 6.92. The van der Waals surface area contributed by atoms with Crippen LogP contribution in [-0.2, 0) is 6.42 Å². The summed E-state index contributed by atoms with van der Waals surface area (Å²) in [6, 6.07) is 58.6. The van der Waals surface area contributed by atoms with E-state index in [1.54, 1.807) is 0 Å². The molecule has 1 aliphatic carbocycles. The highest BCUT2D eigenvalue weighted by atomic mass is 16.3. The van der Waals surface area contributed by atoms with Gasteiger partial charge < -0.3 is 9.32 Å². The number of hydrogen-bond acceptors (Lipinski definition) is 2. The molecular weight excluding hydrogens is 667 g/mol. The molecule has 0 saturated heterocycles. The maximum Gasteiger partial charge on any atom is 0.143 e. The topological polar surface area (TPSA) is 16.4 Å². The molecule has 0 fully saturated rings. The zero-order valence-electron chi connectivity index (χ0n) is 34.7. The standard InChI is InChI=1S/C43H29NO.5C2H6/c1-2-12-34(13-3-1)44(35-24-22-29(23-25-35)30-20-21-33-26-31-10-4-5-15-37(31)41(33)28-30)36-14-8-11-32(27-36)38-17-9-18-40-39-16-6-7-19-42(39)45-43(38)40;5*1-2/h1-25,27-28H,26H2;5*1-2H3. The lowest BCUT2D eigenvalue weighted by molar-refractivity contribution is 0.670. The van der Waals surface area contributed by atoms with Crippen LogP contribution < -0.4 is 4.90 Å². The summed E-state index contributed by atoms with van der Waals surface area (Å²) >= 11 is 0. The smallest absolute Gasteiger partial charge is 0.143 e. The SMILES string of the molecule is CC.CC.CC.CC.CC.c1ccc(N(c2ccc(-c3ccc4c(c3)-c3ccccc3C4)cc2)c2cccc(-c3cccc4c3oc3ccccc34)c2)cc1. The van der Waals surface area contributed by atoms with E-state index in [0.717, 1.165) is 56.5 Å². The minimum absolute atomic E-state index is 0.912. The molecule has 8 aromatic rings. The fraction of sp³-hybridized carbons (Fsp3) is 0.208. The number of hydrogen-bond donors (Lipinski definition) is 0. The van der Waals surface area contributed by atoms with Crippen molar-refractivity contribution in [1.82, 2.24) is 0 Å². The van der Waals surface area contributed by atoms with E-state index in [2.05, 4.69) is 157 Å². The predicted octanol–water partition coefficient (Wildman–Crippen LogP) is 17.1. The molecule has 7 aromatic carbocycles. The first-order chi connectivity index (χ1) is 27.3. The van der Waals surface area contributed by atoms with Gasteiger partial charge in [0.25, 0.3) is 0 Å². The van der Waals surface area contributed by atoms with Crippen molar-refractivity contribution in [3.05, 3.63) is 175 Å². The molecule has 0 saturated carbocycles. The van der Waals surface area contributed by atoms with Crippen LogP contribution in [0, 0.1) is 0 Å². The number of benzene rings is 7. The average molecular weight is 726 g/mol. The summed E-state index contributed by atoms with van der Waals surface area (Å²) in [7, 11) is 0. The number of rotatable bonds is 5. The van der Waals surface area contributed by atoms with E-state index < -0.39 is 0 Å². The van der Waals surface area contributed by atoms with Crippen molar-refractivity contribution in [2.75, 3.05) is 4.90 Å². The Balaban J connectivity index is 0.000000626. The van der Waals surface area contributed by atoms with Gasteiger partial charge in [-0.3, -0.25) is 0 Å². The molecule has 282 valence electrons. The molecule has 1 heterocycles. The van der Waals surface area contributed by atoms with E-state index >= 15 is 0 Å². The number of nitrogens with zero attached hydrogens (tertiary/aromatic N) is 1. The van der Waals surface area contributed by atoms with E-state index in [-0.39, 0.29) is 0 Å². The molecule has 0 atom stereocenters. The van der Waals surface area contributed by atoms with Crippen molar-refractivity contribution in [2.45, 2.75) is 75.7 Å². The highest BCUT2D eigenvalue weighted by molar-refractivity contribution is 6.09. The Bertz CT molecular complexity index is 2350. The van der Waals surface area contributed by atoms with Crippen molar-refractivity contribution in [1.29, 1.82) is 0 Å². The predicted molar refractivity (Wildman–Crippen MR) is 244 cm³/mol. The second-order valence-electron chi connectivity index (χ2n) is 11.8. The normalized spacial score (nSPS) is 10.3. The van der Waals surface area contributed by atoms with Gasteiger partial charge in [-0.1, -0.05) is 184 Å². The third-order valence-electron chi connectivity index (χ3n) is 9.09. The second kappa shape index (κ2) is 21.1. The Labute approximate surface area is 331 Å². The first kappa shape index (κ1) is 41.9. The molecule has 2 nitrogen and oxygen atoms in total.